The lowest BCUT2D eigenvalue weighted by atomic mass is 10.1. The lowest BCUT2D eigenvalue weighted by molar-refractivity contribution is 0.355. The summed E-state index contributed by atoms with van der Waals surface area (Å²) in [4.78, 5) is 4.62. The maximum Gasteiger partial charge on any atom is 0.232 e. The number of nitrogens with one attached hydrogen (secondary N) is 1. The highest BCUT2D eigenvalue weighted by atomic mass is 32.2. The molecule has 0 saturated heterocycles. The molecule has 1 N–H and O–H groups in total. The molecule has 1 aromatic heterocycles. The average Bonchev–Trinajstić information content (AvgIpc) is 3.16. The van der Waals surface area contributed by atoms with Crippen LogP contribution in [0.2, 0.25) is 0 Å². The van der Waals surface area contributed by atoms with Gasteiger partial charge in [-0.25, -0.2) is 13.4 Å². The van der Waals surface area contributed by atoms with Crippen molar-refractivity contribution in [1.29, 1.82) is 0 Å². The van der Waals surface area contributed by atoms with Gasteiger partial charge < -0.3 is 14.8 Å². The summed E-state index contributed by atoms with van der Waals surface area (Å²) in [5.74, 6) is 1.30. The number of methoxy groups -OCH3 is 2. The quantitative estimate of drug-likeness (QED) is 0.569. The van der Waals surface area contributed by atoms with Gasteiger partial charge in [-0.15, -0.1) is 11.3 Å². The summed E-state index contributed by atoms with van der Waals surface area (Å²) in [5, 5.41) is 5.95. The molecule has 9 heteroatoms. The van der Waals surface area contributed by atoms with Crippen molar-refractivity contribution in [2.75, 3.05) is 36.6 Å². The minimum absolute atomic E-state index is 0.383. The summed E-state index contributed by atoms with van der Waals surface area (Å²) < 4.78 is 35.7. The van der Waals surface area contributed by atoms with Crippen LogP contribution < -0.4 is 19.1 Å². The Kier molecular flexibility index (Phi) is 6.29. The Bertz CT molecular complexity index is 1080. The van der Waals surface area contributed by atoms with Crippen LogP contribution in [-0.4, -0.2) is 40.4 Å². The third kappa shape index (κ3) is 4.80. The SMILES string of the molecule is CCN(c1ccc(-c2csc(Nc3ccc(OC)c(OC)c3)n2)cc1)S(C)(=O)=O. The maximum absolute atomic E-state index is 11.9. The monoisotopic (exact) mass is 433 g/mol. The van der Waals surface area contributed by atoms with Crippen molar-refractivity contribution >= 4 is 37.9 Å². The highest BCUT2D eigenvalue weighted by Gasteiger charge is 2.15. The number of sulfonamides is 1. The lowest BCUT2D eigenvalue weighted by Crippen LogP contribution is -2.29. The molecule has 0 aliphatic carbocycles. The molecular formula is C20H23N3O4S2. The number of anilines is 3. The molecule has 0 saturated carbocycles. The number of hydrogen-bond acceptors (Lipinski definition) is 7. The van der Waals surface area contributed by atoms with Crippen LogP contribution in [0.4, 0.5) is 16.5 Å². The van der Waals surface area contributed by atoms with Crippen LogP contribution >= 0.6 is 11.3 Å². The zero-order valence-corrected chi connectivity index (χ0v) is 18.3. The molecule has 154 valence electrons. The second-order valence-corrected chi connectivity index (χ2v) is 8.97. The van der Waals surface area contributed by atoms with Gasteiger partial charge in [-0.3, -0.25) is 4.31 Å². The second-order valence-electron chi connectivity index (χ2n) is 6.21. The first-order valence-electron chi connectivity index (χ1n) is 8.88. The maximum atomic E-state index is 11.9. The fourth-order valence-electron chi connectivity index (χ4n) is 2.91. The largest absolute Gasteiger partial charge is 0.493 e. The van der Waals surface area contributed by atoms with Crippen LogP contribution in [0.1, 0.15) is 6.92 Å². The minimum Gasteiger partial charge on any atom is -0.493 e. The van der Waals surface area contributed by atoms with Crippen LogP contribution in [0.5, 0.6) is 11.5 Å². The molecule has 3 rings (SSSR count). The molecule has 29 heavy (non-hydrogen) atoms. The van der Waals surface area contributed by atoms with E-state index >= 15 is 0 Å². The Labute approximate surface area is 175 Å². The molecule has 1 heterocycles. The summed E-state index contributed by atoms with van der Waals surface area (Å²) in [6.45, 7) is 2.19. The first kappa shape index (κ1) is 20.9. The van der Waals surface area contributed by atoms with E-state index < -0.39 is 10.0 Å². The van der Waals surface area contributed by atoms with Gasteiger partial charge in [-0.1, -0.05) is 12.1 Å². The van der Waals surface area contributed by atoms with Crippen molar-refractivity contribution in [3.8, 4) is 22.8 Å². The van der Waals surface area contributed by atoms with Crippen molar-refractivity contribution in [3.63, 3.8) is 0 Å². The first-order chi connectivity index (χ1) is 13.9. The van der Waals surface area contributed by atoms with E-state index in [-0.39, 0.29) is 0 Å². The number of nitrogens with zero attached hydrogens (tertiary/aromatic N) is 2. The average molecular weight is 434 g/mol. The van der Waals surface area contributed by atoms with Gasteiger partial charge in [0, 0.05) is 29.2 Å². The van der Waals surface area contributed by atoms with Gasteiger partial charge in [-0.2, -0.15) is 0 Å². The van der Waals surface area contributed by atoms with E-state index in [1.54, 1.807) is 26.4 Å². The Balaban J connectivity index is 1.78. The van der Waals surface area contributed by atoms with Gasteiger partial charge in [0.2, 0.25) is 10.0 Å². The Hall–Kier alpha value is -2.78. The first-order valence-corrected chi connectivity index (χ1v) is 11.6. The lowest BCUT2D eigenvalue weighted by Gasteiger charge is -2.20. The van der Waals surface area contributed by atoms with E-state index in [1.807, 2.05) is 42.6 Å². The van der Waals surface area contributed by atoms with Crippen molar-refractivity contribution < 1.29 is 17.9 Å². The molecule has 0 atom stereocenters. The minimum atomic E-state index is -3.30. The summed E-state index contributed by atoms with van der Waals surface area (Å²) in [5.41, 5.74) is 3.20. The number of thiazole rings is 1. The number of ether oxygens (including phenoxy) is 2. The van der Waals surface area contributed by atoms with Gasteiger partial charge in [0.15, 0.2) is 16.6 Å². The van der Waals surface area contributed by atoms with Gasteiger partial charge in [-0.05, 0) is 31.2 Å². The van der Waals surface area contributed by atoms with E-state index in [0.29, 0.717) is 23.7 Å². The predicted octanol–water partition coefficient (Wildman–Crippen LogP) is 4.36. The molecule has 0 spiro atoms. The molecule has 0 bridgehead atoms. The summed E-state index contributed by atoms with van der Waals surface area (Å²) in [6.07, 6.45) is 1.21. The zero-order valence-electron chi connectivity index (χ0n) is 16.7. The standard InChI is InChI=1S/C20H23N3O4S2/c1-5-23(29(4,24)25)16-9-6-14(7-10-16)17-13-28-20(22-17)21-15-8-11-18(26-2)19(12-15)27-3/h6-13H,5H2,1-4H3,(H,21,22). The summed E-state index contributed by atoms with van der Waals surface area (Å²) in [6, 6.07) is 12.9. The molecular weight excluding hydrogens is 410 g/mol. The highest BCUT2D eigenvalue weighted by molar-refractivity contribution is 7.92. The van der Waals surface area contributed by atoms with Crippen molar-refractivity contribution in [2.45, 2.75) is 6.92 Å². The molecule has 0 radical (unpaired) electrons. The van der Waals surface area contributed by atoms with Crippen LogP contribution in [0, 0.1) is 0 Å². The number of rotatable bonds is 8. The third-order valence-electron chi connectivity index (χ3n) is 4.28. The van der Waals surface area contributed by atoms with E-state index in [2.05, 4.69) is 10.3 Å². The Morgan fingerprint density at radius 1 is 1.07 bits per heavy atom. The summed E-state index contributed by atoms with van der Waals surface area (Å²) >= 11 is 1.48. The number of benzene rings is 2. The van der Waals surface area contributed by atoms with Crippen molar-refractivity contribution in [3.05, 3.63) is 47.8 Å². The molecule has 0 aliphatic rings. The van der Waals surface area contributed by atoms with E-state index in [9.17, 15) is 8.42 Å². The number of hydrogen-bond donors (Lipinski definition) is 1. The van der Waals surface area contributed by atoms with Crippen LogP contribution in [-0.2, 0) is 10.0 Å². The van der Waals surface area contributed by atoms with Gasteiger partial charge in [0.25, 0.3) is 0 Å². The van der Waals surface area contributed by atoms with Crippen LogP contribution in [0.25, 0.3) is 11.3 Å². The van der Waals surface area contributed by atoms with Crippen molar-refractivity contribution in [1.82, 2.24) is 4.98 Å². The zero-order chi connectivity index (χ0) is 21.0. The van der Waals surface area contributed by atoms with E-state index in [4.69, 9.17) is 9.47 Å². The van der Waals surface area contributed by atoms with Gasteiger partial charge in [0.05, 0.1) is 31.9 Å². The Morgan fingerprint density at radius 2 is 1.76 bits per heavy atom. The highest BCUT2D eigenvalue weighted by Crippen LogP contribution is 2.33. The summed E-state index contributed by atoms with van der Waals surface area (Å²) in [7, 11) is -0.107. The normalized spacial score (nSPS) is 11.2. The Morgan fingerprint density at radius 3 is 2.34 bits per heavy atom. The second kappa shape index (κ2) is 8.71. The molecule has 0 amide bonds. The molecule has 0 aliphatic heterocycles. The van der Waals surface area contributed by atoms with E-state index in [0.717, 1.165) is 22.1 Å². The third-order valence-corrected chi connectivity index (χ3v) is 6.30. The predicted molar refractivity (Wildman–Crippen MR) is 118 cm³/mol. The molecule has 7 nitrogen and oxygen atoms in total. The fraction of sp³-hybridized carbons (Fsp3) is 0.250. The van der Waals surface area contributed by atoms with Gasteiger partial charge in [0.1, 0.15) is 0 Å². The molecule has 3 aromatic rings. The van der Waals surface area contributed by atoms with E-state index in [1.165, 1.54) is 21.9 Å². The van der Waals surface area contributed by atoms with Gasteiger partial charge >= 0.3 is 0 Å². The van der Waals surface area contributed by atoms with Crippen molar-refractivity contribution in [2.24, 2.45) is 0 Å². The number of aromatic nitrogens is 1. The fourth-order valence-corrected chi connectivity index (χ4v) is 4.62. The molecule has 0 fully saturated rings. The van der Waals surface area contributed by atoms with Crippen LogP contribution in [0.15, 0.2) is 47.8 Å². The molecule has 2 aromatic carbocycles. The topological polar surface area (TPSA) is 80.8 Å². The smallest absolute Gasteiger partial charge is 0.232 e. The molecule has 0 unspecified atom stereocenters. The van der Waals surface area contributed by atoms with Crippen LogP contribution in [0.3, 0.4) is 0 Å².